The third-order valence-electron chi connectivity index (χ3n) is 4.23. The van der Waals surface area contributed by atoms with E-state index < -0.39 is 0 Å². The normalized spacial score (nSPS) is 13.5. The molecule has 0 aliphatic carbocycles. The SMILES string of the molecule is O=C(CSc1nnc(-c2ccc(Br)cc2)o1)N1CCCc2ccccc21. The maximum atomic E-state index is 12.7. The molecule has 132 valence electrons. The molecular formula is C19H16BrN3O2S. The van der Waals surface area contributed by atoms with Crippen molar-refractivity contribution in [3.63, 3.8) is 0 Å². The van der Waals surface area contributed by atoms with Crippen molar-refractivity contribution in [1.82, 2.24) is 10.2 Å². The molecule has 0 N–H and O–H groups in total. The number of aryl methyl sites for hydroxylation is 1. The second kappa shape index (κ2) is 7.63. The number of rotatable bonds is 4. The number of para-hydroxylation sites is 1. The molecule has 4 rings (SSSR count). The molecule has 1 aliphatic heterocycles. The fourth-order valence-electron chi connectivity index (χ4n) is 2.97. The van der Waals surface area contributed by atoms with Crippen LogP contribution in [0.5, 0.6) is 0 Å². The number of fused-ring (bicyclic) bond motifs is 1. The fourth-order valence-corrected chi connectivity index (χ4v) is 3.87. The van der Waals surface area contributed by atoms with E-state index in [0.717, 1.165) is 35.1 Å². The fraction of sp³-hybridized carbons (Fsp3) is 0.211. The Morgan fingerprint density at radius 1 is 1.15 bits per heavy atom. The zero-order chi connectivity index (χ0) is 17.9. The Labute approximate surface area is 163 Å². The lowest BCUT2D eigenvalue weighted by Crippen LogP contribution is -2.36. The van der Waals surface area contributed by atoms with Crippen LogP contribution < -0.4 is 4.90 Å². The van der Waals surface area contributed by atoms with Crippen LogP contribution in [0.4, 0.5) is 5.69 Å². The number of halogens is 1. The van der Waals surface area contributed by atoms with Crippen LogP contribution in [0.2, 0.25) is 0 Å². The molecule has 0 saturated carbocycles. The van der Waals surface area contributed by atoms with E-state index in [2.05, 4.69) is 32.2 Å². The second-order valence-electron chi connectivity index (χ2n) is 5.95. The first-order chi connectivity index (χ1) is 12.7. The zero-order valence-corrected chi connectivity index (χ0v) is 16.3. The number of carbonyl (C=O) groups excluding carboxylic acids is 1. The summed E-state index contributed by atoms with van der Waals surface area (Å²) in [5.74, 6) is 0.789. The molecule has 2 aromatic carbocycles. The van der Waals surface area contributed by atoms with Gasteiger partial charge in [0.25, 0.3) is 5.22 Å². The van der Waals surface area contributed by atoms with Gasteiger partial charge < -0.3 is 9.32 Å². The second-order valence-corrected chi connectivity index (χ2v) is 7.79. The topological polar surface area (TPSA) is 59.2 Å². The Hall–Kier alpha value is -2.12. The van der Waals surface area contributed by atoms with Crippen LogP contribution in [0.25, 0.3) is 11.5 Å². The molecule has 7 heteroatoms. The van der Waals surface area contributed by atoms with Gasteiger partial charge in [0.05, 0.1) is 5.75 Å². The molecule has 3 aromatic rings. The van der Waals surface area contributed by atoms with Gasteiger partial charge in [-0.15, -0.1) is 10.2 Å². The molecule has 0 spiro atoms. The first-order valence-electron chi connectivity index (χ1n) is 8.31. The number of aromatic nitrogens is 2. The van der Waals surface area contributed by atoms with Crippen LogP contribution in [0.15, 0.2) is 62.6 Å². The third kappa shape index (κ3) is 3.68. The number of amides is 1. The summed E-state index contributed by atoms with van der Waals surface area (Å²) in [7, 11) is 0. The molecule has 0 unspecified atom stereocenters. The van der Waals surface area contributed by atoms with E-state index in [1.54, 1.807) is 0 Å². The van der Waals surface area contributed by atoms with Gasteiger partial charge in [-0.05, 0) is 48.7 Å². The van der Waals surface area contributed by atoms with Gasteiger partial charge in [0, 0.05) is 22.3 Å². The van der Waals surface area contributed by atoms with Crippen LogP contribution in [0.3, 0.4) is 0 Å². The highest BCUT2D eigenvalue weighted by Crippen LogP contribution is 2.29. The predicted octanol–water partition coefficient (Wildman–Crippen LogP) is 4.57. The minimum absolute atomic E-state index is 0.0607. The Morgan fingerprint density at radius 2 is 1.96 bits per heavy atom. The van der Waals surface area contributed by atoms with Gasteiger partial charge in [-0.25, -0.2) is 0 Å². The van der Waals surface area contributed by atoms with Crippen molar-refractivity contribution in [1.29, 1.82) is 0 Å². The van der Waals surface area contributed by atoms with E-state index >= 15 is 0 Å². The van der Waals surface area contributed by atoms with Gasteiger partial charge in [0.2, 0.25) is 11.8 Å². The van der Waals surface area contributed by atoms with Crippen LogP contribution >= 0.6 is 27.7 Å². The molecule has 1 amide bonds. The summed E-state index contributed by atoms with van der Waals surface area (Å²) in [6.45, 7) is 0.754. The van der Waals surface area contributed by atoms with Crippen LogP contribution in [0.1, 0.15) is 12.0 Å². The summed E-state index contributed by atoms with van der Waals surface area (Å²) in [6, 6.07) is 15.7. The van der Waals surface area contributed by atoms with Gasteiger partial charge in [0.15, 0.2) is 0 Å². The average Bonchev–Trinajstić information content (AvgIpc) is 3.15. The van der Waals surface area contributed by atoms with Gasteiger partial charge in [-0.3, -0.25) is 4.79 Å². The van der Waals surface area contributed by atoms with E-state index in [1.807, 2.05) is 47.4 Å². The maximum absolute atomic E-state index is 12.7. The molecule has 0 radical (unpaired) electrons. The van der Waals surface area contributed by atoms with E-state index in [4.69, 9.17) is 4.42 Å². The maximum Gasteiger partial charge on any atom is 0.277 e. The minimum Gasteiger partial charge on any atom is -0.411 e. The number of carbonyl (C=O) groups is 1. The van der Waals surface area contributed by atoms with Crippen molar-refractivity contribution >= 4 is 39.3 Å². The Kier molecular flexibility index (Phi) is 5.08. The molecule has 5 nitrogen and oxygen atoms in total. The summed E-state index contributed by atoms with van der Waals surface area (Å²) in [5.41, 5.74) is 3.10. The molecule has 0 saturated heterocycles. The van der Waals surface area contributed by atoms with Crippen molar-refractivity contribution in [3.8, 4) is 11.5 Å². The quantitative estimate of drug-likeness (QED) is 0.568. The molecule has 1 aliphatic rings. The molecule has 0 fully saturated rings. The van der Waals surface area contributed by atoms with Crippen molar-refractivity contribution in [2.24, 2.45) is 0 Å². The molecule has 0 bridgehead atoms. The number of hydrogen-bond donors (Lipinski definition) is 0. The minimum atomic E-state index is 0.0607. The Morgan fingerprint density at radius 3 is 2.81 bits per heavy atom. The zero-order valence-electron chi connectivity index (χ0n) is 13.9. The van der Waals surface area contributed by atoms with Crippen molar-refractivity contribution in [2.75, 3.05) is 17.2 Å². The van der Waals surface area contributed by atoms with Gasteiger partial charge in [-0.1, -0.05) is 45.9 Å². The van der Waals surface area contributed by atoms with Crippen molar-refractivity contribution in [3.05, 3.63) is 58.6 Å². The lowest BCUT2D eigenvalue weighted by Gasteiger charge is -2.29. The van der Waals surface area contributed by atoms with E-state index in [0.29, 0.717) is 11.1 Å². The first kappa shape index (κ1) is 17.3. The highest BCUT2D eigenvalue weighted by molar-refractivity contribution is 9.10. The van der Waals surface area contributed by atoms with Crippen LogP contribution in [-0.4, -0.2) is 28.4 Å². The molecule has 2 heterocycles. The lowest BCUT2D eigenvalue weighted by molar-refractivity contribution is -0.116. The Balaban J connectivity index is 1.42. The van der Waals surface area contributed by atoms with Gasteiger partial charge in [-0.2, -0.15) is 0 Å². The smallest absolute Gasteiger partial charge is 0.277 e. The molecular weight excluding hydrogens is 414 g/mol. The highest BCUT2D eigenvalue weighted by atomic mass is 79.9. The number of hydrogen-bond acceptors (Lipinski definition) is 5. The predicted molar refractivity (Wildman–Crippen MR) is 105 cm³/mol. The number of benzene rings is 2. The van der Waals surface area contributed by atoms with Gasteiger partial charge in [0.1, 0.15) is 0 Å². The summed E-state index contributed by atoms with van der Waals surface area (Å²) in [4.78, 5) is 14.5. The van der Waals surface area contributed by atoms with E-state index in [-0.39, 0.29) is 11.7 Å². The summed E-state index contributed by atoms with van der Waals surface area (Å²) in [6.07, 6.45) is 2.01. The Bertz CT molecular complexity index is 927. The number of thioether (sulfide) groups is 1. The highest BCUT2D eigenvalue weighted by Gasteiger charge is 2.22. The summed E-state index contributed by atoms with van der Waals surface area (Å²) in [5, 5.41) is 8.51. The summed E-state index contributed by atoms with van der Waals surface area (Å²) < 4.78 is 6.66. The summed E-state index contributed by atoms with van der Waals surface area (Å²) >= 11 is 4.68. The third-order valence-corrected chi connectivity index (χ3v) is 5.56. The average molecular weight is 430 g/mol. The molecule has 1 aromatic heterocycles. The van der Waals surface area contributed by atoms with Crippen molar-refractivity contribution < 1.29 is 9.21 Å². The largest absolute Gasteiger partial charge is 0.411 e. The van der Waals surface area contributed by atoms with Crippen LogP contribution in [0, 0.1) is 0 Å². The molecule has 26 heavy (non-hydrogen) atoms. The van der Waals surface area contributed by atoms with E-state index in [1.165, 1.54) is 17.3 Å². The standard InChI is InChI=1S/C19H16BrN3O2S/c20-15-9-7-14(8-10-15)18-21-22-19(25-18)26-12-17(24)23-11-3-5-13-4-1-2-6-16(13)23/h1-2,4,6-10H,3,5,11-12H2. The molecule has 0 atom stereocenters. The first-order valence-corrected chi connectivity index (χ1v) is 10.1. The number of nitrogens with zero attached hydrogens (tertiary/aromatic N) is 3. The van der Waals surface area contributed by atoms with Crippen LogP contribution in [-0.2, 0) is 11.2 Å². The van der Waals surface area contributed by atoms with Gasteiger partial charge >= 0.3 is 0 Å². The van der Waals surface area contributed by atoms with Crippen molar-refractivity contribution in [2.45, 2.75) is 18.1 Å². The lowest BCUT2D eigenvalue weighted by atomic mass is 10.0. The number of anilines is 1. The monoisotopic (exact) mass is 429 g/mol. The van der Waals surface area contributed by atoms with E-state index in [9.17, 15) is 4.79 Å².